The van der Waals surface area contributed by atoms with Gasteiger partial charge in [-0.2, -0.15) is 0 Å². The van der Waals surface area contributed by atoms with Crippen LogP contribution in [0.25, 0.3) is 0 Å². The van der Waals surface area contributed by atoms with E-state index in [1.54, 1.807) is 7.05 Å². The van der Waals surface area contributed by atoms with Gasteiger partial charge in [0.2, 0.25) is 0 Å². The Kier molecular flexibility index (Phi) is 11.8. The summed E-state index contributed by atoms with van der Waals surface area (Å²) in [4.78, 5) is 6.65. The van der Waals surface area contributed by atoms with Crippen molar-refractivity contribution in [2.45, 2.75) is 45.8 Å². The molecule has 1 aliphatic rings. The standard InChI is InChI=1S/C21H36N4O2.HI/c1-5-25(6-2)13-15-26-19-10-8-18(9-11-19)16-23-20(22-4)24-17-21(3)12-7-14-27-21;/h8-11H,5-7,12-17H2,1-4H3,(H2,22,23,24);1H. The molecule has 1 saturated heterocycles. The zero-order valence-corrected chi connectivity index (χ0v) is 20.1. The summed E-state index contributed by atoms with van der Waals surface area (Å²) in [6.45, 7) is 12.6. The second-order valence-electron chi connectivity index (χ2n) is 7.20. The van der Waals surface area contributed by atoms with Crippen molar-refractivity contribution in [3.63, 3.8) is 0 Å². The molecule has 0 amide bonds. The van der Waals surface area contributed by atoms with Crippen LogP contribution in [0.4, 0.5) is 0 Å². The highest BCUT2D eigenvalue weighted by molar-refractivity contribution is 14.0. The molecule has 1 fully saturated rings. The monoisotopic (exact) mass is 504 g/mol. The van der Waals surface area contributed by atoms with Crippen molar-refractivity contribution in [1.29, 1.82) is 0 Å². The Bertz CT molecular complexity index is 570. The summed E-state index contributed by atoms with van der Waals surface area (Å²) in [7, 11) is 1.79. The van der Waals surface area contributed by atoms with Crippen molar-refractivity contribution in [3.8, 4) is 5.75 Å². The third kappa shape index (κ3) is 8.53. The maximum atomic E-state index is 5.84. The number of rotatable bonds is 10. The maximum absolute atomic E-state index is 5.84. The molecule has 0 spiro atoms. The molecule has 0 bridgehead atoms. The van der Waals surface area contributed by atoms with Crippen molar-refractivity contribution < 1.29 is 9.47 Å². The van der Waals surface area contributed by atoms with Crippen LogP contribution in [0.3, 0.4) is 0 Å². The summed E-state index contributed by atoms with van der Waals surface area (Å²) in [6, 6.07) is 8.24. The average Bonchev–Trinajstić information content (AvgIpc) is 3.13. The zero-order valence-electron chi connectivity index (χ0n) is 17.8. The Balaban J connectivity index is 0.00000392. The second-order valence-corrected chi connectivity index (χ2v) is 7.20. The molecule has 1 heterocycles. The minimum Gasteiger partial charge on any atom is -0.492 e. The molecule has 1 aliphatic heterocycles. The van der Waals surface area contributed by atoms with E-state index in [1.165, 1.54) is 5.56 Å². The lowest BCUT2D eigenvalue weighted by atomic mass is 10.0. The molecule has 0 aromatic heterocycles. The van der Waals surface area contributed by atoms with Crippen LogP contribution in [0.5, 0.6) is 5.75 Å². The molecule has 0 radical (unpaired) electrons. The third-order valence-corrected chi connectivity index (χ3v) is 5.11. The highest BCUT2D eigenvalue weighted by Crippen LogP contribution is 2.23. The van der Waals surface area contributed by atoms with E-state index in [9.17, 15) is 0 Å². The number of halogens is 1. The van der Waals surface area contributed by atoms with Crippen molar-refractivity contribution >= 4 is 29.9 Å². The molecule has 160 valence electrons. The summed E-state index contributed by atoms with van der Waals surface area (Å²) in [5.74, 6) is 1.71. The van der Waals surface area contributed by atoms with Crippen LogP contribution in [0.15, 0.2) is 29.3 Å². The fourth-order valence-electron chi connectivity index (χ4n) is 3.19. The molecule has 1 aromatic rings. The van der Waals surface area contributed by atoms with Crippen LogP contribution in [0, 0.1) is 0 Å². The van der Waals surface area contributed by atoms with E-state index in [4.69, 9.17) is 9.47 Å². The Hall–Kier alpha value is -1.06. The van der Waals surface area contributed by atoms with E-state index in [0.717, 1.165) is 70.5 Å². The molecule has 6 nitrogen and oxygen atoms in total. The van der Waals surface area contributed by atoms with E-state index < -0.39 is 0 Å². The largest absolute Gasteiger partial charge is 0.492 e. The SMILES string of the molecule is CCN(CC)CCOc1ccc(CNC(=NC)NCC2(C)CCCO2)cc1.I. The predicted molar refractivity (Wildman–Crippen MR) is 127 cm³/mol. The number of nitrogens with zero attached hydrogens (tertiary/aromatic N) is 2. The van der Waals surface area contributed by atoms with Crippen LogP contribution < -0.4 is 15.4 Å². The normalized spacial score (nSPS) is 19.4. The van der Waals surface area contributed by atoms with Crippen molar-refractivity contribution in [3.05, 3.63) is 29.8 Å². The fraction of sp³-hybridized carbons (Fsp3) is 0.667. The van der Waals surface area contributed by atoms with Crippen LogP contribution in [-0.4, -0.2) is 62.9 Å². The maximum Gasteiger partial charge on any atom is 0.191 e. The minimum absolute atomic E-state index is 0. The lowest BCUT2D eigenvalue weighted by molar-refractivity contribution is 0.0243. The molecule has 0 aliphatic carbocycles. The smallest absolute Gasteiger partial charge is 0.191 e. The van der Waals surface area contributed by atoms with Gasteiger partial charge in [-0.3, -0.25) is 4.99 Å². The lowest BCUT2D eigenvalue weighted by Crippen LogP contribution is -2.45. The number of hydrogen-bond donors (Lipinski definition) is 2. The topological polar surface area (TPSA) is 58.1 Å². The first-order valence-corrected chi connectivity index (χ1v) is 10.1. The molecular formula is C21H37IN4O2. The van der Waals surface area contributed by atoms with E-state index in [2.05, 4.69) is 53.4 Å². The van der Waals surface area contributed by atoms with Crippen molar-refractivity contribution in [2.24, 2.45) is 4.99 Å². The molecule has 1 atom stereocenters. The van der Waals surface area contributed by atoms with Gasteiger partial charge in [-0.05, 0) is 50.6 Å². The van der Waals surface area contributed by atoms with Gasteiger partial charge in [0.15, 0.2) is 5.96 Å². The van der Waals surface area contributed by atoms with E-state index >= 15 is 0 Å². The molecule has 2 N–H and O–H groups in total. The number of guanidine groups is 1. The Morgan fingerprint density at radius 3 is 2.50 bits per heavy atom. The van der Waals surface area contributed by atoms with E-state index in [1.807, 2.05) is 12.1 Å². The highest BCUT2D eigenvalue weighted by Gasteiger charge is 2.29. The summed E-state index contributed by atoms with van der Waals surface area (Å²) in [5.41, 5.74) is 1.11. The molecule has 1 unspecified atom stereocenters. The number of likely N-dealkylation sites (N-methyl/N-ethyl adjacent to an activating group) is 1. The Labute approximate surface area is 187 Å². The van der Waals surface area contributed by atoms with Gasteiger partial charge in [0.25, 0.3) is 0 Å². The van der Waals surface area contributed by atoms with Crippen molar-refractivity contribution in [2.75, 3.05) is 46.4 Å². The summed E-state index contributed by atoms with van der Waals surface area (Å²) in [5, 5.41) is 6.72. The van der Waals surface area contributed by atoms with Crippen molar-refractivity contribution in [1.82, 2.24) is 15.5 Å². The van der Waals surface area contributed by atoms with E-state index in [-0.39, 0.29) is 29.6 Å². The van der Waals surface area contributed by atoms with Gasteiger partial charge in [0.05, 0.1) is 5.60 Å². The predicted octanol–water partition coefficient (Wildman–Crippen LogP) is 3.26. The number of aliphatic imine (C=N–C) groups is 1. The van der Waals surface area contributed by atoms with Crippen LogP contribution in [0.1, 0.15) is 39.2 Å². The third-order valence-electron chi connectivity index (χ3n) is 5.11. The fourth-order valence-corrected chi connectivity index (χ4v) is 3.19. The number of ether oxygens (including phenoxy) is 2. The van der Waals surface area contributed by atoms with Crippen LogP contribution in [0.2, 0.25) is 0 Å². The molecule has 7 heteroatoms. The van der Waals surface area contributed by atoms with Gasteiger partial charge < -0.3 is 25.0 Å². The first kappa shape index (κ1) is 25.0. The first-order chi connectivity index (χ1) is 13.1. The zero-order chi connectivity index (χ0) is 19.5. The summed E-state index contributed by atoms with van der Waals surface area (Å²) < 4.78 is 11.6. The Morgan fingerprint density at radius 2 is 1.93 bits per heavy atom. The van der Waals surface area contributed by atoms with Gasteiger partial charge in [0.1, 0.15) is 12.4 Å². The molecule has 28 heavy (non-hydrogen) atoms. The Morgan fingerprint density at radius 1 is 1.21 bits per heavy atom. The molecule has 2 rings (SSSR count). The number of benzene rings is 1. The van der Waals surface area contributed by atoms with Gasteiger partial charge in [-0.1, -0.05) is 26.0 Å². The molecular weight excluding hydrogens is 467 g/mol. The van der Waals surface area contributed by atoms with Gasteiger partial charge in [0, 0.05) is 33.3 Å². The van der Waals surface area contributed by atoms with E-state index in [0.29, 0.717) is 0 Å². The van der Waals surface area contributed by atoms with Gasteiger partial charge >= 0.3 is 0 Å². The van der Waals surface area contributed by atoms with Crippen LogP contribution in [-0.2, 0) is 11.3 Å². The first-order valence-electron chi connectivity index (χ1n) is 10.1. The highest BCUT2D eigenvalue weighted by atomic mass is 127. The van der Waals surface area contributed by atoms with Crippen LogP contribution >= 0.6 is 24.0 Å². The molecule has 1 aromatic carbocycles. The minimum atomic E-state index is -0.0816. The summed E-state index contributed by atoms with van der Waals surface area (Å²) >= 11 is 0. The van der Waals surface area contributed by atoms with Gasteiger partial charge in [-0.25, -0.2) is 0 Å². The number of nitrogens with one attached hydrogen (secondary N) is 2. The number of hydrogen-bond acceptors (Lipinski definition) is 4. The lowest BCUT2D eigenvalue weighted by Gasteiger charge is -2.24. The average molecular weight is 504 g/mol. The second kappa shape index (κ2) is 13.2. The summed E-state index contributed by atoms with van der Waals surface area (Å²) in [6.07, 6.45) is 2.22. The van der Waals surface area contributed by atoms with Gasteiger partial charge in [-0.15, -0.1) is 24.0 Å². The quantitative estimate of drug-likeness (QED) is 0.291. The molecule has 0 saturated carbocycles.